The average Bonchev–Trinajstić information content (AvgIpc) is 3.14. The van der Waals surface area contributed by atoms with E-state index in [9.17, 15) is 19.5 Å². The van der Waals surface area contributed by atoms with E-state index in [2.05, 4.69) is 86.8 Å². The number of hydrogen-bond donors (Lipinski definition) is 0. The first-order valence-electron chi connectivity index (χ1n) is 21.5. The SMILES string of the molecule is CC/C=C/C/C=C/C/C=C/CCCCCCCCCCCC(=O)OCC(COCCC(C(=O)[O-])[N+](C)(C)C)OC(=O)CCCC/C=C/C/C=C/C/C=C/CC. The Balaban J connectivity index is 4.36. The van der Waals surface area contributed by atoms with Gasteiger partial charge in [-0.3, -0.25) is 9.59 Å². The lowest BCUT2D eigenvalue weighted by molar-refractivity contribution is -0.889. The first-order valence-corrected chi connectivity index (χ1v) is 21.5. The minimum absolute atomic E-state index is 0.0200. The number of hydrogen-bond acceptors (Lipinski definition) is 7. The smallest absolute Gasteiger partial charge is 0.306 e. The van der Waals surface area contributed by atoms with Crippen LogP contribution >= 0.6 is 0 Å². The molecule has 0 heterocycles. The number of aliphatic carboxylic acids is 1. The van der Waals surface area contributed by atoms with E-state index in [4.69, 9.17) is 14.2 Å². The summed E-state index contributed by atoms with van der Waals surface area (Å²) in [5.74, 6) is -1.80. The lowest BCUT2D eigenvalue weighted by Gasteiger charge is -2.34. The van der Waals surface area contributed by atoms with Crippen LogP contribution < -0.4 is 5.11 Å². The number of ether oxygens (including phenoxy) is 3. The Bertz CT molecular complexity index is 1130. The molecule has 0 aromatic heterocycles. The van der Waals surface area contributed by atoms with Gasteiger partial charge in [0, 0.05) is 19.3 Å². The summed E-state index contributed by atoms with van der Waals surface area (Å²) in [6.45, 7) is 4.37. The second-order valence-corrected chi connectivity index (χ2v) is 15.2. The van der Waals surface area contributed by atoms with Crippen molar-refractivity contribution >= 4 is 17.9 Å². The van der Waals surface area contributed by atoms with Gasteiger partial charge in [0.15, 0.2) is 6.10 Å². The van der Waals surface area contributed by atoms with Gasteiger partial charge in [-0.05, 0) is 77.0 Å². The Labute approximate surface area is 336 Å². The van der Waals surface area contributed by atoms with Gasteiger partial charge in [-0.1, -0.05) is 132 Å². The number of carboxylic acids is 1. The van der Waals surface area contributed by atoms with Crippen LogP contribution in [0, 0.1) is 0 Å². The van der Waals surface area contributed by atoms with Crippen molar-refractivity contribution in [2.45, 2.75) is 167 Å². The van der Waals surface area contributed by atoms with Crippen LogP contribution in [0.2, 0.25) is 0 Å². The number of carbonyl (C=O) groups is 3. The maximum absolute atomic E-state index is 12.7. The van der Waals surface area contributed by atoms with Gasteiger partial charge in [0.25, 0.3) is 0 Å². The first-order chi connectivity index (χ1) is 26.6. The fraction of sp³-hybridized carbons (Fsp3) is 0.681. The maximum Gasteiger partial charge on any atom is 0.306 e. The summed E-state index contributed by atoms with van der Waals surface area (Å²) in [5.41, 5.74) is 0. The molecular weight excluding hydrogens is 691 g/mol. The van der Waals surface area contributed by atoms with E-state index in [1.165, 1.54) is 38.5 Å². The number of unbranched alkanes of at least 4 members (excludes halogenated alkanes) is 11. The van der Waals surface area contributed by atoms with Gasteiger partial charge >= 0.3 is 11.9 Å². The van der Waals surface area contributed by atoms with Crippen molar-refractivity contribution in [2.24, 2.45) is 0 Å². The molecule has 55 heavy (non-hydrogen) atoms. The fourth-order valence-corrected chi connectivity index (χ4v) is 5.80. The monoisotopic (exact) mass is 770 g/mol. The van der Waals surface area contributed by atoms with E-state index in [0.29, 0.717) is 12.8 Å². The molecule has 0 rings (SSSR count). The summed E-state index contributed by atoms with van der Waals surface area (Å²) in [6.07, 6.45) is 46.5. The predicted molar refractivity (Wildman–Crippen MR) is 226 cm³/mol. The van der Waals surface area contributed by atoms with Crippen LogP contribution in [-0.4, -0.2) is 75.5 Å². The molecule has 0 aromatic carbocycles. The Morgan fingerprint density at radius 2 is 0.964 bits per heavy atom. The molecule has 314 valence electrons. The fourth-order valence-electron chi connectivity index (χ4n) is 5.80. The molecule has 8 heteroatoms. The molecule has 0 aromatic rings. The third-order valence-electron chi connectivity index (χ3n) is 9.09. The number of quaternary nitrogens is 1. The van der Waals surface area contributed by atoms with Crippen LogP contribution in [0.1, 0.15) is 155 Å². The lowest BCUT2D eigenvalue weighted by atomic mass is 10.1. The van der Waals surface area contributed by atoms with E-state index in [1.807, 2.05) is 0 Å². The van der Waals surface area contributed by atoms with Gasteiger partial charge < -0.3 is 28.6 Å². The van der Waals surface area contributed by atoms with Crippen molar-refractivity contribution in [3.05, 3.63) is 72.9 Å². The molecule has 0 amide bonds. The van der Waals surface area contributed by atoms with Gasteiger partial charge in [0.05, 0.1) is 40.3 Å². The molecule has 0 N–H and O–H groups in total. The largest absolute Gasteiger partial charge is 0.544 e. The van der Waals surface area contributed by atoms with Gasteiger partial charge in [-0.15, -0.1) is 0 Å². The number of nitrogens with zero attached hydrogens (tertiary/aromatic N) is 1. The number of allylic oxidation sites excluding steroid dienone is 12. The van der Waals surface area contributed by atoms with Crippen molar-refractivity contribution in [1.82, 2.24) is 0 Å². The lowest BCUT2D eigenvalue weighted by Crippen LogP contribution is -2.55. The third-order valence-corrected chi connectivity index (χ3v) is 9.09. The molecule has 0 saturated heterocycles. The van der Waals surface area contributed by atoms with E-state index in [0.717, 1.165) is 77.0 Å². The Morgan fingerprint density at radius 1 is 0.545 bits per heavy atom. The Kier molecular flexibility index (Phi) is 35.5. The zero-order chi connectivity index (χ0) is 40.7. The quantitative estimate of drug-likeness (QED) is 0.0268. The van der Waals surface area contributed by atoms with Gasteiger partial charge in [-0.2, -0.15) is 0 Å². The number of esters is 2. The van der Waals surface area contributed by atoms with Crippen LogP contribution in [0.25, 0.3) is 0 Å². The molecule has 2 atom stereocenters. The van der Waals surface area contributed by atoms with Gasteiger partial charge in [-0.25, -0.2) is 0 Å². The number of rotatable bonds is 37. The van der Waals surface area contributed by atoms with E-state index in [-0.39, 0.29) is 49.1 Å². The van der Waals surface area contributed by atoms with E-state index < -0.39 is 18.1 Å². The second kappa shape index (κ2) is 37.7. The van der Waals surface area contributed by atoms with Crippen molar-refractivity contribution in [3.63, 3.8) is 0 Å². The molecule has 0 saturated carbocycles. The molecule has 0 radical (unpaired) electrons. The van der Waals surface area contributed by atoms with E-state index >= 15 is 0 Å². The summed E-state index contributed by atoms with van der Waals surface area (Å²) in [6, 6.07) is -0.736. The van der Waals surface area contributed by atoms with Crippen molar-refractivity contribution in [3.8, 4) is 0 Å². The minimum Gasteiger partial charge on any atom is -0.544 e. The number of likely N-dealkylation sites (N-methyl/N-ethyl adjacent to an activating group) is 1. The van der Waals surface area contributed by atoms with Gasteiger partial charge in [0.2, 0.25) is 0 Å². The van der Waals surface area contributed by atoms with Crippen molar-refractivity contribution in [2.75, 3.05) is 41.0 Å². The van der Waals surface area contributed by atoms with Gasteiger partial charge in [0.1, 0.15) is 12.6 Å². The van der Waals surface area contributed by atoms with Crippen LogP contribution in [0.15, 0.2) is 72.9 Å². The zero-order valence-corrected chi connectivity index (χ0v) is 35.6. The highest BCUT2D eigenvalue weighted by atomic mass is 16.6. The molecule has 0 aliphatic rings. The third kappa shape index (κ3) is 36.2. The summed E-state index contributed by atoms with van der Waals surface area (Å²) in [4.78, 5) is 36.8. The predicted octanol–water partition coefficient (Wildman–Crippen LogP) is 10.2. The van der Waals surface area contributed by atoms with Crippen LogP contribution in [0.5, 0.6) is 0 Å². The molecule has 0 fully saturated rings. The highest BCUT2D eigenvalue weighted by molar-refractivity contribution is 5.70. The topological polar surface area (TPSA) is 102 Å². The van der Waals surface area contributed by atoms with Crippen LogP contribution in [-0.2, 0) is 28.6 Å². The second-order valence-electron chi connectivity index (χ2n) is 15.2. The molecule has 0 spiro atoms. The van der Waals surface area contributed by atoms with E-state index in [1.54, 1.807) is 21.1 Å². The molecule has 8 nitrogen and oxygen atoms in total. The number of carboxylic acid groups (broad SMARTS) is 1. The molecule has 0 aliphatic carbocycles. The highest BCUT2D eigenvalue weighted by Gasteiger charge is 2.25. The number of carbonyl (C=O) groups excluding carboxylic acids is 3. The summed E-state index contributed by atoms with van der Waals surface area (Å²) >= 11 is 0. The molecule has 2 unspecified atom stereocenters. The Morgan fingerprint density at radius 3 is 1.45 bits per heavy atom. The standard InChI is InChI=1S/C47H79NO7/c1-6-8-10-12-14-16-18-20-21-22-23-24-25-26-28-29-31-33-35-37-45(49)54-42-43(41-53-40-39-44(47(51)52)48(3,4)5)55-46(50)38-36-34-32-30-27-19-17-15-13-11-9-7-2/h8-11,14-17,20-21,27,30,43-44H,6-7,12-13,18-19,22-26,28-29,31-42H2,1-5H3/b10-8+,11-9+,16-14+,17-15+,21-20+,30-27+. The maximum atomic E-state index is 12.7. The molecular formula is C47H79NO7. The average molecular weight is 770 g/mol. The zero-order valence-electron chi connectivity index (χ0n) is 35.6. The summed E-state index contributed by atoms with van der Waals surface area (Å²) in [5, 5.41) is 11.6. The minimum atomic E-state index is -1.14. The first kappa shape index (κ1) is 51.8. The van der Waals surface area contributed by atoms with Crippen molar-refractivity contribution in [1.29, 1.82) is 0 Å². The molecule has 0 bridgehead atoms. The molecule has 0 aliphatic heterocycles. The highest BCUT2D eigenvalue weighted by Crippen LogP contribution is 2.13. The van der Waals surface area contributed by atoms with Crippen molar-refractivity contribution < 1.29 is 38.2 Å². The summed E-state index contributed by atoms with van der Waals surface area (Å²) < 4.78 is 17.1. The normalized spacial score (nSPS) is 13.7. The van der Waals surface area contributed by atoms with Crippen LogP contribution in [0.4, 0.5) is 0 Å². The Hall–Kier alpha value is -3.23. The van der Waals surface area contributed by atoms with Crippen LogP contribution in [0.3, 0.4) is 0 Å². The summed E-state index contributed by atoms with van der Waals surface area (Å²) in [7, 11) is 5.38.